The van der Waals surface area contributed by atoms with E-state index < -0.39 is 5.92 Å². The summed E-state index contributed by atoms with van der Waals surface area (Å²) >= 11 is 0. The maximum absolute atomic E-state index is 14.7. The first-order chi connectivity index (χ1) is 13.4. The molecule has 0 aromatic heterocycles. The standard InChI is InChI=1S/C25H31FO2/c1-16(2)21-12-10-17(3)14-24(21)28-25(27)18(4)20-11-13-22(23(26)15-20)19-8-6-5-7-9-19/h5-9,11,13,15-18,21,24H,10,12,14H2,1-4H3/t17-,18?,21+,24-/m1/s1. The molecule has 0 spiro atoms. The summed E-state index contributed by atoms with van der Waals surface area (Å²) < 4.78 is 20.6. The van der Waals surface area contributed by atoms with E-state index in [1.807, 2.05) is 36.4 Å². The van der Waals surface area contributed by atoms with Crippen LogP contribution in [0, 0.1) is 23.6 Å². The molecule has 0 bridgehead atoms. The Kier molecular flexibility index (Phi) is 6.53. The molecule has 2 nitrogen and oxygen atoms in total. The number of benzene rings is 2. The molecule has 28 heavy (non-hydrogen) atoms. The summed E-state index contributed by atoms with van der Waals surface area (Å²) in [7, 11) is 0. The van der Waals surface area contributed by atoms with Crippen LogP contribution in [0.5, 0.6) is 0 Å². The average molecular weight is 383 g/mol. The highest BCUT2D eigenvalue weighted by atomic mass is 19.1. The molecule has 0 aliphatic heterocycles. The van der Waals surface area contributed by atoms with Crippen molar-refractivity contribution in [2.45, 2.75) is 59.0 Å². The molecule has 2 aromatic carbocycles. The van der Waals surface area contributed by atoms with Gasteiger partial charge in [-0.15, -0.1) is 0 Å². The van der Waals surface area contributed by atoms with E-state index in [9.17, 15) is 9.18 Å². The lowest BCUT2D eigenvalue weighted by atomic mass is 9.75. The van der Waals surface area contributed by atoms with Crippen molar-refractivity contribution >= 4 is 5.97 Å². The Morgan fingerprint density at radius 1 is 1.07 bits per heavy atom. The summed E-state index contributed by atoms with van der Waals surface area (Å²) in [5.41, 5.74) is 2.04. The lowest BCUT2D eigenvalue weighted by Crippen LogP contribution is -2.36. The van der Waals surface area contributed by atoms with Crippen molar-refractivity contribution in [3.8, 4) is 11.1 Å². The summed E-state index contributed by atoms with van der Waals surface area (Å²) in [5, 5.41) is 0. The maximum Gasteiger partial charge on any atom is 0.313 e. The first-order valence-corrected chi connectivity index (χ1v) is 10.4. The summed E-state index contributed by atoms with van der Waals surface area (Å²) in [6, 6.07) is 14.5. The lowest BCUT2D eigenvalue weighted by Gasteiger charge is -2.37. The van der Waals surface area contributed by atoms with Crippen molar-refractivity contribution in [2.75, 3.05) is 0 Å². The van der Waals surface area contributed by atoms with Gasteiger partial charge in [-0.2, -0.15) is 0 Å². The molecular weight excluding hydrogens is 351 g/mol. The number of rotatable bonds is 5. The summed E-state index contributed by atoms with van der Waals surface area (Å²) in [5.74, 6) is 0.425. The van der Waals surface area contributed by atoms with Crippen LogP contribution < -0.4 is 0 Å². The lowest BCUT2D eigenvalue weighted by molar-refractivity contribution is -0.157. The third-order valence-electron chi connectivity index (χ3n) is 6.16. The second kappa shape index (κ2) is 8.89. The van der Waals surface area contributed by atoms with E-state index >= 15 is 0 Å². The summed E-state index contributed by atoms with van der Waals surface area (Å²) in [6.07, 6.45) is 3.18. The van der Waals surface area contributed by atoms with Crippen molar-refractivity contribution in [1.29, 1.82) is 0 Å². The fraction of sp³-hybridized carbons (Fsp3) is 0.480. The highest BCUT2D eigenvalue weighted by Gasteiger charge is 2.34. The highest BCUT2D eigenvalue weighted by Crippen LogP contribution is 2.36. The average Bonchev–Trinajstić information content (AvgIpc) is 2.67. The first kappa shape index (κ1) is 20.6. The number of carbonyl (C=O) groups excluding carboxylic acids is 1. The molecule has 0 N–H and O–H groups in total. The molecule has 1 aliphatic carbocycles. The van der Waals surface area contributed by atoms with Crippen molar-refractivity contribution in [3.63, 3.8) is 0 Å². The van der Waals surface area contributed by atoms with Crippen LogP contribution in [0.1, 0.15) is 58.4 Å². The number of hydrogen-bond acceptors (Lipinski definition) is 2. The van der Waals surface area contributed by atoms with Gasteiger partial charge in [0, 0.05) is 5.56 Å². The molecule has 0 saturated heterocycles. The van der Waals surface area contributed by atoms with Crippen molar-refractivity contribution in [2.24, 2.45) is 17.8 Å². The molecule has 1 fully saturated rings. The largest absolute Gasteiger partial charge is 0.462 e. The van der Waals surface area contributed by atoms with E-state index in [4.69, 9.17) is 4.74 Å². The third kappa shape index (κ3) is 4.63. The predicted octanol–water partition coefficient (Wildman–Crippen LogP) is 6.60. The second-order valence-electron chi connectivity index (χ2n) is 8.63. The van der Waals surface area contributed by atoms with Crippen LogP contribution in [-0.4, -0.2) is 12.1 Å². The van der Waals surface area contributed by atoms with Crippen LogP contribution in [0.4, 0.5) is 4.39 Å². The normalized spacial score (nSPS) is 23.4. The minimum Gasteiger partial charge on any atom is -0.462 e. The van der Waals surface area contributed by atoms with Crippen LogP contribution in [0.3, 0.4) is 0 Å². The van der Waals surface area contributed by atoms with E-state index in [2.05, 4.69) is 20.8 Å². The summed E-state index contributed by atoms with van der Waals surface area (Å²) in [6.45, 7) is 8.42. The maximum atomic E-state index is 14.7. The second-order valence-corrected chi connectivity index (χ2v) is 8.63. The Balaban J connectivity index is 1.73. The van der Waals surface area contributed by atoms with Crippen molar-refractivity contribution in [1.82, 2.24) is 0 Å². The van der Waals surface area contributed by atoms with Crippen LogP contribution >= 0.6 is 0 Å². The zero-order chi connectivity index (χ0) is 20.3. The van der Waals surface area contributed by atoms with Gasteiger partial charge in [-0.1, -0.05) is 69.7 Å². The Bertz CT molecular complexity index is 799. The molecule has 150 valence electrons. The van der Waals surface area contributed by atoms with Crippen LogP contribution in [0.25, 0.3) is 11.1 Å². The van der Waals surface area contributed by atoms with E-state index in [0.29, 0.717) is 28.9 Å². The SMILES string of the molecule is CC(C(=O)O[C@@H]1C[C@H](C)CC[C@H]1C(C)C)c1ccc(-c2ccccc2)c(F)c1. The zero-order valence-corrected chi connectivity index (χ0v) is 17.3. The molecule has 1 unspecified atom stereocenters. The Morgan fingerprint density at radius 3 is 2.43 bits per heavy atom. The molecule has 4 atom stereocenters. The van der Waals surface area contributed by atoms with Gasteiger partial charge in [-0.25, -0.2) is 4.39 Å². The monoisotopic (exact) mass is 382 g/mol. The van der Waals surface area contributed by atoms with Gasteiger partial charge in [-0.3, -0.25) is 4.79 Å². The molecule has 1 saturated carbocycles. The number of carbonyl (C=O) groups is 1. The third-order valence-corrected chi connectivity index (χ3v) is 6.16. The van der Waals surface area contributed by atoms with Crippen LogP contribution in [0.2, 0.25) is 0 Å². The topological polar surface area (TPSA) is 26.3 Å². The predicted molar refractivity (Wildman–Crippen MR) is 111 cm³/mol. The number of ether oxygens (including phenoxy) is 1. The highest BCUT2D eigenvalue weighted by molar-refractivity contribution is 5.78. The van der Waals surface area contributed by atoms with Gasteiger partial charge >= 0.3 is 5.97 Å². The van der Waals surface area contributed by atoms with E-state index in [0.717, 1.165) is 18.4 Å². The van der Waals surface area contributed by atoms with Gasteiger partial charge in [0.25, 0.3) is 0 Å². The van der Waals surface area contributed by atoms with Crippen molar-refractivity contribution in [3.05, 3.63) is 59.9 Å². The van der Waals surface area contributed by atoms with Gasteiger partial charge in [0.1, 0.15) is 11.9 Å². The Labute approximate surface area is 168 Å². The van der Waals surface area contributed by atoms with Gasteiger partial charge < -0.3 is 4.74 Å². The van der Waals surface area contributed by atoms with Gasteiger partial charge in [0.05, 0.1) is 5.92 Å². The smallest absolute Gasteiger partial charge is 0.313 e. The minimum atomic E-state index is -0.482. The van der Waals surface area contributed by atoms with E-state index in [1.54, 1.807) is 13.0 Å². The minimum absolute atomic E-state index is 0.0351. The fourth-order valence-electron chi connectivity index (χ4n) is 4.29. The first-order valence-electron chi connectivity index (χ1n) is 10.4. The molecule has 2 aromatic rings. The quantitative estimate of drug-likeness (QED) is 0.545. The molecule has 0 heterocycles. The van der Waals surface area contributed by atoms with Crippen LogP contribution in [0.15, 0.2) is 48.5 Å². The Hall–Kier alpha value is -2.16. The van der Waals surface area contributed by atoms with Gasteiger partial charge in [-0.05, 0) is 54.7 Å². The summed E-state index contributed by atoms with van der Waals surface area (Å²) in [4.78, 5) is 12.8. The van der Waals surface area contributed by atoms with Gasteiger partial charge in [0.15, 0.2) is 0 Å². The fourth-order valence-corrected chi connectivity index (χ4v) is 4.29. The molecule has 3 rings (SSSR count). The molecule has 0 amide bonds. The number of halogens is 1. The molecule has 3 heteroatoms. The number of hydrogen-bond donors (Lipinski definition) is 0. The van der Waals surface area contributed by atoms with E-state index in [-0.39, 0.29) is 17.9 Å². The van der Waals surface area contributed by atoms with Crippen molar-refractivity contribution < 1.29 is 13.9 Å². The number of esters is 1. The molecular formula is C25H31FO2. The molecule has 0 radical (unpaired) electrons. The van der Waals surface area contributed by atoms with Crippen LogP contribution in [-0.2, 0) is 9.53 Å². The van der Waals surface area contributed by atoms with E-state index in [1.165, 1.54) is 12.5 Å². The Morgan fingerprint density at radius 2 is 1.79 bits per heavy atom. The molecule has 1 aliphatic rings. The van der Waals surface area contributed by atoms with Gasteiger partial charge in [0.2, 0.25) is 0 Å². The zero-order valence-electron chi connectivity index (χ0n) is 17.3.